The lowest BCUT2D eigenvalue weighted by atomic mass is 9.79. The molecule has 1 fully saturated rings. The van der Waals surface area contributed by atoms with Gasteiger partial charge in [-0.15, -0.1) is 0 Å². The zero-order valence-corrected chi connectivity index (χ0v) is 18.4. The van der Waals surface area contributed by atoms with E-state index in [1.807, 2.05) is 12.4 Å². The number of hydrogen-bond donors (Lipinski definition) is 0. The van der Waals surface area contributed by atoms with Crippen LogP contribution in [0.15, 0.2) is 36.7 Å². The Bertz CT molecular complexity index is 688. The zero-order chi connectivity index (χ0) is 20.3. The maximum Gasteiger partial charge on any atom is 0.131 e. The minimum absolute atomic E-state index is 0.571. The molecule has 0 unspecified atom stereocenters. The summed E-state index contributed by atoms with van der Waals surface area (Å²) in [6.07, 6.45) is 17.9. The minimum Gasteiger partial charge on any atom is -0.494 e. The fourth-order valence-electron chi connectivity index (χ4n) is 4.36. The van der Waals surface area contributed by atoms with E-state index in [4.69, 9.17) is 14.7 Å². The molecule has 0 saturated heterocycles. The molecule has 1 saturated carbocycles. The van der Waals surface area contributed by atoms with Gasteiger partial charge in [0.1, 0.15) is 11.6 Å². The lowest BCUT2D eigenvalue weighted by Gasteiger charge is -2.27. The zero-order valence-electron chi connectivity index (χ0n) is 18.4. The Morgan fingerprint density at radius 3 is 2.17 bits per heavy atom. The Balaban J connectivity index is 1.42. The monoisotopic (exact) mass is 394 g/mol. The number of ether oxygens (including phenoxy) is 1. The molecule has 0 bridgehead atoms. The van der Waals surface area contributed by atoms with Crippen molar-refractivity contribution in [1.82, 2.24) is 9.97 Å². The van der Waals surface area contributed by atoms with E-state index in [2.05, 4.69) is 38.1 Å². The van der Waals surface area contributed by atoms with Crippen LogP contribution in [0.5, 0.6) is 5.75 Å². The quantitative estimate of drug-likeness (QED) is 0.389. The van der Waals surface area contributed by atoms with Gasteiger partial charge in [-0.2, -0.15) is 0 Å². The smallest absolute Gasteiger partial charge is 0.131 e. The highest BCUT2D eigenvalue weighted by molar-refractivity contribution is 5.28. The van der Waals surface area contributed by atoms with Crippen LogP contribution in [0.25, 0.3) is 0 Å². The molecule has 0 atom stereocenters. The van der Waals surface area contributed by atoms with Gasteiger partial charge in [0.05, 0.1) is 6.61 Å². The predicted molar refractivity (Wildman–Crippen MR) is 121 cm³/mol. The van der Waals surface area contributed by atoms with E-state index in [0.717, 1.165) is 43.4 Å². The summed E-state index contributed by atoms with van der Waals surface area (Å²) in [4.78, 5) is 9.46. The van der Waals surface area contributed by atoms with E-state index >= 15 is 0 Å². The van der Waals surface area contributed by atoms with Gasteiger partial charge in [-0.05, 0) is 74.1 Å². The van der Waals surface area contributed by atoms with Gasteiger partial charge >= 0.3 is 0 Å². The molecule has 0 amide bonds. The average Bonchev–Trinajstić information content (AvgIpc) is 2.78. The molecule has 2 aromatic rings. The van der Waals surface area contributed by atoms with E-state index in [1.54, 1.807) is 0 Å². The summed E-state index contributed by atoms with van der Waals surface area (Å²) in [6.45, 7) is 5.20. The molecule has 158 valence electrons. The summed E-state index contributed by atoms with van der Waals surface area (Å²) in [6, 6.07) is 8.48. The Morgan fingerprint density at radius 1 is 0.828 bits per heavy atom. The van der Waals surface area contributed by atoms with Crippen molar-refractivity contribution < 1.29 is 4.74 Å². The molecular weight excluding hydrogens is 356 g/mol. The van der Waals surface area contributed by atoms with Crippen molar-refractivity contribution in [3.63, 3.8) is 0 Å². The summed E-state index contributed by atoms with van der Waals surface area (Å²) in [7, 11) is 0. The molecule has 1 aliphatic carbocycles. The number of nitrogens with zero attached hydrogens (tertiary/aromatic N) is 2. The van der Waals surface area contributed by atoms with Crippen molar-refractivity contribution in [3.05, 3.63) is 53.6 Å². The Kier molecular flexibility index (Phi) is 8.98. The highest BCUT2D eigenvalue weighted by Gasteiger charge is 2.23. The van der Waals surface area contributed by atoms with E-state index in [0.29, 0.717) is 5.92 Å². The maximum absolute atomic E-state index is 5.65. The second kappa shape index (κ2) is 11.9. The maximum atomic E-state index is 5.65. The predicted octanol–water partition coefficient (Wildman–Crippen LogP) is 6.90. The van der Waals surface area contributed by atoms with E-state index < -0.39 is 0 Å². The third kappa shape index (κ3) is 7.13. The number of aromatic nitrogens is 2. The lowest BCUT2D eigenvalue weighted by molar-refractivity contribution is 0.297. The molecule has 0 N–H and O–H groups in total. The second-order valence-electron chi connectivity index (χ2n) is 8.66. The number of unbranched alkanes of at least 4 members (excludes halogenated alkanes) is 2. The van der Waals surface area contributed by atoms with Crippen molar-refractivity contribution in [3.8, 4) is 5.75 Å². The van der Waals surface area contributed by atoms with E-state index in [-0.39, 0.29) is 0 Å². The number of benzene rings is 1. The van der Waals surface area contributed by atoms with Crippen LogP contribution in [0, 0.1) is 5.92 Å². The highest BCUT2D eigenvalue weighted by Crippen LogP contribution is 2.36. The lowest BCUT2D eigenvalue weighted by Crippen LogP contribution is -2.15. The Hall–Kier alpha value is -1.90. The van der Waals surface area contributed by atoms with E-state index in [9.17, 15) is 0 Å². The van der Waals surface area contributed by atoms with Crippen LogP contribution in [0.2, 0.25) is 0 Å². The van der Waals surface area contributed by atoms with Gasteiger partial charge in [0, 0.05) is 18.3 Å². The van der Waals surface area contributed by atoms with Crippen molar-refractivity contribution in [1.29, 1.82) is 0 Å². The number of hydrogen-bond acceptors (Lipinski definition) is 3. The van der Waals surface area contributed by atoms with Crippen LogP contribution in [0.1, 0.15) is 94.5 Å². The third-order valence-corrected chi connectivity index (χ3v) is 6.25. The highest BCUT2D eigenvalue weighted by atomic mass is 16.5. The van der Waals surface area contributed by atoms with Gasteiger partial charge in [-0.25, -0.2) is 9.97 Å². The molecule has 0 aliphatic heterocycles. The summed E-state index contributed by atoms with van der Waals surface area (Å²) < 4.78 is 5.65. The van der Waals surface area contributed by atoms with Crippen molar-refractivity contribution >= 4 is 0 Å². The molecule has 1 aromatic carbocycles. The molecule has 3 rings (SSSR count). The first kappa shape index (κ1) is 21.8. The molecular formula is C26H38N2O. The van der Waals surface area contributed by atoms with E-state index in [1.165, 1.54) is 62.5 Å². The van der Waals surface area contributed by atoms with Gasteiger partial charge in [0.15, 0.2) is 0 Å². The normalized spacial score (nSPS) is 19.2. The minimum atomic E-state index is 0.571. The molecule has 0 spiro atoms. The largest absolute Gasteiger partial charge is 0.494 e. The number of rotatable bonds is 11. The molecule has 1 aliphatic rings. The van der Waals surface area contributed by atoms with Gasteiger partial charge in [0.25, 0.3) is 0 Å². The Labute approximate surface area is 177 Å². The molecule has 1 heterocycles. The van der Waals surface area contributed by atoms with Gasteiger partial charge in [-0.1, -0.05) is 51.7 Å². The fraction of sp³-hybridized carbons (Fsp3) is 0.615. The summed E-state index contributed by atoms with van der Waals surface area (Å²) in [5, 5.41) is 0. The first-order chi connectivity index (χ1) is 14.3. The Morgan fingerprint density at radius 2 is 1.52 bits per heavy atom. The van der Waals surface area contributed by atoms with Crippen LogP contribution in [0.3, 0.4) is 0 Å². The molecule has 1 aromatic heterocycles. The van der Waals surface area contributed by atoms with Gasteiger partial charge in [0.2, 0.25) is 0 Å². The molecule has 3 heteroatoms. The topological polar surface area (TPSA) is 35.0 Å². The first-order valence-electron chi connectivity index (χ1n) is 11.8. The van der Waals surface area contributed by atoms with Gasteiger partial charge in [-0.3, -0.25) is 0 Å². The summed E-state index contributed by atoms with van der Waals surface area (Å²) >= 11 is 0. The SMILES string of the molecule is CCCCC[C@H]1CC[C@H](c2ncc(CCc3ccc(OCCC)cc3)cn2)CC1. The first-order valence-corrected chi connectivity index (χ1v) is 11.8. The molecule has 0 radical (unpaired) electrons. The molecule has 3 nitrogen and oxygen atoms in total. The van der Waals surface area contributed by atoms with Crippen LogP contribution >= 0.6 is 0 Å². The summed E-state index contributed by atoms with van der Waals surface area (Å²) in [5.74, 6) is 3.54. The number of aryl methyl sites for hydroxylation is 2. The fourth-order valence-corrected chi connectivity index (χ4v) is 4.36. The molecule has 29 heavy (non-hydrogen) atoms. The third-order valence-electron chi connectivity index (χ3n) is 6.25. The standard InChI is InChI=1S/C26H38N2O/c1-3-5-6-7-21-10-14-24(15-11-21)26-27-19-23(20-28-26)9-8-22-12-16-25(17-13-22)29-18-4-2/h12-13,16-17,19-21,24H,3-11,14-15,18H2,1-2H3/t21-,24-. The van der Waals surface area contributed by atoms with Crippen LogP contribution in [0.4, 0.5) is 0 Å². The second-order valence-corrected chi connectivity index (χ2v) is 8.66. The van der Waals surface area contributed by atoms with Crippen molar-refractivity contribution in [2.75, 3.05) is 6.61 Å². The summed E-state index contributed by atoms with van der Waals surface area (Å²) in [5.41, 5.74) is 2.56. The average molecular weight is 395 g/mol. The van der Waals surface area contributed by atoms with Crippen LogP contribution in [-0.4, -0.2) is 16.6 Å². The van der Waals surface area contributed by atoms with Crippen LogP contribution in [-0.2, 0) is 12.8 Å². The van der Waals surface area contributed by atoms with Crippen LogP contribution < -0.4 is 4.74 Å². The van der Waals surface area contributed by atoms with Gasteiger partial charge < -0.3 is 4.74 Å². The van der Waals surface area contributed by atoms with Crippen molar-refractivity contribution in [2.45, 2.75) is 90.4 Å². The van der Waals surface area contributed by atoms with Crippen molar-refractivity contribution in [2.24, 2.45) is 5.92 Å².